The van der Waals surface area contributed by atoms with Gasteiger partial charge in [0.05, 0.1) is 11.3 Å². The lowest BCUT2D eigenvalue weighted by molar-refractivity contribution is 0.102. The zero-order chi connectivity index (χ0) is 23.5. The summed E-state index contributed by atoms with van der Waals surface area (Å²) in [5.41, 5.74) is 1.37. The molecule has 0 radical (unpaired) electrons. The van der Waals surface area contributed by atoms with Gasteiger partial charge >= 0.3 is 5.63 Å². The fraction of sp³-hybridized carbons (Fsp3) is 0.296. The predicted molar refractivity (Wildman–Crippen MR) is 132 cm³/mol. The number of piperidine rings is 1. The Morgan fingerprint density at radius 1 is 1.06 bits per heavy atom. The Balaban J connectivity index is 1.32. The molecule has 0 saturated carbocycles. The quantitative estimate of drug-likeness (QED) is 0.584. The Morgan fingerprint density at radius 2 is 1.88 bits per heavy atom. The van der Waals surface area contributed by atoms with E-state index in [2.05, 4.69) is 33.5 Å². The molecule has 7 heteroatoms. The van der Waals surface area contributed by atoms with E-state index in [9.17, 15) is 14.9 Å². The molecule has 1 aromatic heterocycles. The molecule has 0 bridgehead atoms. The number of fused-ring (bicyclic) bond motifs is 1. The maximum absolute atomic E-state index is 12.8. The van der Waals surface area contributed by atoms with E-state index >= 15 is 0 Å². The third-order valence-corrected chi connectivity index (χ3v) is 6.58. The molecule has 5 rings (SSSR count). The molecule has 1 unspecified atom stereocenters. The largest absolute Gasteiger partial charge is 0.422 e. The van der Waals surface area contributed by atoms with Crippen molar-refractivity contribution in [3.8, 4) is 6.07 Å². The second kappa shape index (κ2) is 9.54. The SMILES string of the molecule is N#Cc1cc(NC(=O)c2cc3ccccc3oc2=O)ccc1N1C=CC(N2CCCCC2)CC1. The van der Waals surface area contributed by atoms with Gasteiger partial charge in [-0.05, 0) is 62.7 Å². The van der Waals surface area contributed by atoms with Crippen LogP contribution in [0.5, 0.6) is 0 Å². The highest BCUT2D eigenvalue weighted by molar-refractivity contribution is 6.05. The van der Waals surface area contributed by atoms with Crippen LogP contribution in [0.4, 0.5) is 11.4 Å². The van der Waals surface area contributed by atoms with Crippen molar-refractivity contribution >= 4 is 28.3 Å². The molecule has 172 valence electrons. The Hall–Kier alpha value is -3.89. The van der Waals surface area contributed by atoms with Gasteiger partial charge in [0.2, 0.25) is 0 Å². The number of rotatable bonds is 4. The molecular formula is C27H26N4O3. The summed E-state index contributed by atoms with van der Waals surface area (Å²) in [5, 5.41) is 13.1. The number of benzene rings is 2. The summed E-state index contributed by atoms with van der Waals surface area (Å²) >= 11 is 0. The molecular weight excluding hydrogens is 428 g/mol. The van der Waals surface area contributed by atoms with Gasteiger partial charge in [-0.2, -0.15) is 5.26 Å². The molecule has 7 nitrogen and oxygen atoms in total. The highest BCUT2D eigenvalue weighted by Gasteiger charge is 2.23. The summed E-state index contributed by atoms with van der Waals surface area (Å²) in [4.78, 5) is 29.7. The van der Waals surface area contributed by atoms with E-state index in [1.165, 1.54) is 25.3 Å². The summed E-state index contributed by atoms with van der Waals surface area (Å²) < 4.78 is 5.26. The number of carbonyl (C=O) groups excluding carboxylic acids is 1. The molecule has 0 spiro atoms. The van der Waals surface area contributed by atoms with Gasteiger partial charge in [-0.15, -0.1) is 0 Å². The van der Waals surface area contributed by atoms with Crippen LogP contribution in [-0.4, -0.2) is 36.5 Å². The fourth-order valence-corrected chi connectivity index (χ4v) is 4.77. The molecule has 1 saturated heterocycles. The molecule has 2 aliphatic rings. The van der Waals surface area contributed by atoms with Gasteiger partial charge in [-0.3, -0.25) is 9.69 Å². The maximum atomic E-state index is 12.8. The number of hydrogen-bond acceptors (Lipinski definition) is 6. The molecule has 1 N–H and O–H groups in total. The van der Waals surface area contributed by atoms with Crippen molar-refractivity contribution in [3.05, 3.63) is 82.4 Å². The summed E-state index contributed by atoms with van der Waals surface area (Å²) in [6.07, 6.45) is 9.15. The van der Waals surface area contributed by atoms with E-state index in [-0.39, 0.29) is 5.56 Å². The molecule has 2 aliphatic heterocycles. The maximum Gasteiger partial charge on any atom is 0.349 e. The minimum absolute atomic E-state index is 0.0796. The summed E-state index contributed by atoms with van der Waals surface area (Å²) in [5.74, 6) is -0.571. The van der Waals surface area contributed by atoms with Crippen molar-refractivity contribution < 1.29 is 9.21 Å². The zero-order valence-electron chi connectivity index (χ0n) is 18.9. The summed E-state index contributed by atoms with van der Waals surface area (Å²) in [7, 11) is 0. The van der Waals surface area contributed by atoms with Gasteiger partial charge < -0.3 is 14.6 Å². The van der Waals surface area contributed by atoms with Crippen LogP contribution < -0.4 is 15.8 Å². The molecule has 2 aromatic carbocycles. The predicted octanol–water partition coefficient (Wildman–Crippen LogP) is 4.50. The van der Waals surface area contributed by atoms with E-state index in [1.807, 2.05) is 12.1 Å². The van der Waals surface area contributed by atoms with Crippen molar-refractivity contribution in [1.29, 1.82) is 5.26 Å². The van der Waals surface area contributed by atoms with Crippen molar-refractivity contribution in [2.75, 3.05) is 29.9 Å². The summed E-state index contributed by atoms with van der Waals surface area (Å²) in [6.45, 7) is 3.14. The highest BCUT2D eigenvalue weighted by atomic mass is 16.4. The van der Waals surface area contributed by atoms with Gasteiger partial charge in [-0.25, -0.2) is 4.79 Å². The summed E-state index contributed by atoms with van der Waals surface area (Å²) in [6, 6.07) is 16.5. The molecule has 3 heterocycles. The standard InChI is InChI=1S/C27H26N4O3/c28-18-20-16-21(29-26(32)23-17-19-6-2-3-7-25(19)34-27(23)33)8-9-24(20)31-14-10-22(11-15-31)30-12-4-1-5-13-30/h2-3,6-10,14,16-17,22H,1,4-5,11-13,15H2,(H,29,32). The molecule has 1 amide bonds. The van der Waals surface area contributed by atoms with Gasteiger partial charge in [0.25, 0.3) is 5.91 Å². The second-order valence-corrected chi connectivity index (χ2v) is 8.77. The number of carbonyl (C=O) groups is 1. The van der Waals surface area contributed by atoms with Crippen LogP contribution in [0.3, 0.4) is 0 Å². The lowest BCUT2D eigenvalue weighted by atomic mass is 10.0. The first-order chi connectivity index (χ1) is 16.6. The van der Waals surface area contributed by atoms with Crippen molar-refractivity contribution in [2.24, 2.45) is 0 Å². The third-order valence-electron chi connectivity index (χ3n) is 6.58. The molecule has 34 heavy (non-hydrogen) atoms. The Labute approximate surface area is 197 Å². The van der Waals surface area contributed by atoms with E-state index in [4.69, 9.17) is 4.42 Å². The number of nitrogens with zero attached hydrogens (tertiary/aromatic N) is 3. The van der Waals surface area contributed by atoms with E-state index < -0.39 is 11.5 Å². The van der Waals surface area contributed by atoms with Crippen molar-refractivity contribution in [3.63, 3.8) is 0 Å². The normalized spacial score (nSPS) is 18.6. The lowest BCUT2D eigenvalue weighted by Gasteiger charge is -2.37. The van der Waals surface area contributed by atoms with Gasteiger partial charge in [0.15, 0.2) is 0 Å². The number of nitrogens with one attached hydrogen (secondary N) is 1. The van der Waals surface area contributed by atoms with Crippen molar-refractivity contribution in [1.82, 2.24) is 4.90 Å². The number of amides is 1. The van der Waals surface area contributed by atoms with E-state index in [0.717, 1.165) is 31.7 Å². The number of nitriles is 1. The van der Waals surface area contributed by atoms with Crippen molar-refractivity contribution in [2.45, 2.75) is 31.7 Å². The topological polar surface area (TPSA) is 89.6 Å². The minimum atomic E-state index is -0.699. The van der Waals surface area contributed by atoms with Gasteiger partial charge in [0.1, 0.15) is 17.2 Å². The lowest BCUT2D eigenvalue weighted by Crippen LogP contribution is -2.42. The minimum Gasteiger partial charge on any atom is -0.422 e. The second-order valence-electron chi connectivity index (χ2n) is 8.77. The van der Waals surface area contributed by atoms with E-state index in [0.29, 0.717) is 28.3 Å². The molecule has 3 aromatic rings. The first-order valence-corrected chi connectivity index (χ1v) is 11.7. The number of anilines is 2. The first-order valence-electron chi connectivity index (χ1n) is 11.7. The average Bonchev–Trinajstić information content (AvgIpc) is 2.88. The number of likely N-dealkylation sites (tertiary alicyclic amines) is 1. The van der Waals surface area contributed by atoms with Gasteiger partial charge in [0, 0.05) is 29.9 Å². The smallest absolute Gasteiger partial charge is 0.349 e. The van der Waals surface area contributed by atoms with Crippen LogP contribution in [0.15, 0.2) is 70.0 Å². The van der Waals surface area contributed by atoms with Crippen LogP contribution in [0.2, 0.25) is 0 Å². The fourth-order valence-electron chi connectivity index (χ4n) is 4.77. The van der Waals surface area contributed by atoms with E-state index in [1.54, 1.807) is 30.3 Å². The van der Waals surface area contributed by atoms with Crippen LogP contribution in [0.1, 0.15) is 41.6 Å². The van der Waals surface area contributed by atoms with Crippen LogP contribution in [0, 0.1) is 11.3 Å². The zero-order valence-corrected chi connectivity index (χ0v) is 18.9. The number of hydrogen-bond donors (Lipinski definition) is 1. The van der Waals surface area contributed by atoms with Crippen LogP contribution >= 0.6 is 0 Å². The Kier molecular flexibility index (Phi) is 6.15. The third kappa shape index (κ3) is 4.45. The monoisotopic (exact) mass is 454 g/mol. The van der Waals surface area contributed by atoms with Crippen LogP contribution in [0.25, 0.3) is 11.0 Å². The molecule has 1 atom stereocenters. The molecule has 0 aliphatic carbocycles. The molecule has 1 fully saturated rings. The Bertz CT molecular complexity index is 1350. The van der Waals surface area contributed by atoms with Crippen LogP contribution in [-0.2, 0) is 0 Å². The number of para-hydroxylation sites is 1. The first kappa shape index (κ1) is 21.9. The average molecular weight is 455 g/mol. The Morgan fingerprint density at radius 3 is 2.65 bits per heavy atom. The van der Waals surface area contributed by atoms with Gasteiger partial charge in [-0.1, -0.05) is 30.7 Å². The highest BCUT2D eigenvalue weighted by Crippen LogP contribution is 2.28.